The molecule has 0 aliphatic carbocycles. The van der Waals surface area contributed by atoms with Gasteiger partial charge < -0.3 is 14.7 Å². The summed E-state index contributed by atoms with van der Waals surface area (Å²) in [4.78, 5) is 29.3. The molecule has 5 aromatic rings. The molecule has 11 heteroatoms. The standard InChI is InChI=1S/C38H33F4N3O4/c39-30-18-16-27(17-19-30)33(28-13-7-14-29(21-28)38(40,41)42)35(46)31-15-8-20-45(31)37(48)34-36(47)32(49-24-26-11-5-2-6-12-26)23-44(43-34)22-25-9-3-1-4-10-25/h1-7,9-14,16-19,21,23,31,33,35,46H,8,15,20,22,24H2/t31-,33?,35?/m1/s1. The average molecular weight is 672 g/mol. The van der Waals surface area contributed by atoms with Crippen molar-refractivity contribution in [3.8, 4) is 5.75 Å². The molecule has 1 aromatic heterocycles. The number of likely N-dealkylation sites (tertiary alicyclic amines) is 1. The van der Waals surface area contributed by atoms with Gasteiger partial charge in [-0.2, -0.15) is 18.3 Å². The van der Waals surface area contributed by atoms with Crippen molar-refractivity contribution in [2.75, 3.05) is 6.54 Å². The van der Waals surface area contributed by atoms with Crippen LogP contribution in [0.15, 0.2) is 120 Å². The summed E-state index contributed by atoms with van der Waals surface area (Å²) in [6.07, 6.45) is -3.82. The lowest BCUT2D eigenvalue weighted by Crippen LogP contribution is -2.47. The molecule has 0 saturated carbocycles. The van der Waals surface area contributed by atoms with Crippen LogP contribution in [0.3, 0.4) is 0 Å². The van der Waals surface area contributed by atoms with Gasteiger partial charge in [0.2, 0.25) is 0 Å². The molecule has 2 heterocycles. The number of aliphatic hydroxyl groups is 1. The van der Waals surface area contributed by atoms with Crippen molar-refractivity contribution < 1.29 is 32.2 Å². The van der Waals surface area contributed by atoms with Crippen molar-refractivity contribution in [3.05, 3.63) is 165 Å². The highest BCUT2D eigenvalue weighted by Crippen LogP contribution is 2.38. The summed E-state index contributed by atoms with van der Waals surface area (Å²) < 4.78 is 62.4. The number of nitrogens with zero attached hydrogens (tertiary/aromatic N) is 3. The van der Waals surface area contributed by atoms with Crippen LogP contribution in [0.5, 0.6) is 5.75 Å². The number of amides is 1. The number of hydrogen-bond acceptors (Lipinski definition) is 5. The normalized spacial score (nSPS) is 15.9. The molecule has 1 fully saturated rings. The van der Waals surface area contributed by atoms with Crippen molar-refractivity contribution in [3.63, 3.8) is 0 Å². The third kappa shape index (κ3) is 7.73. The number of aromatic nitrogens is 2. The lowest BCUT2D eigenvalue weighted by atomic mass is 9.82. The van der Waals surface area contributed by atoms with E-state index in [2.05, 4.69) is 5.10 Å². The first kappa shape index (κ1) is 33.6. The molecule has 2 unspecified atom stereocenters. The second-order valence-electron chi connectivity index (χ2n) is 12.0. The van der Waals surface area contributed by atoms with Gasteiger partial charge in [-0.15, -0.1) is 0 Å². The van der Waals surface area contributed by atoms with Crippen LogP contribution in [0.1, 0.15) is 57.1 Å². The summed E-state index contributed by atoms with van der Waals surface area (Å²) in [5.74, 6) is -2.42. The predicted octanol–water partition coefficient (Wildman–Crippen LogP) is 6.83. The molecule has 0 radical (unpaired) electrons. The van der Waals surface area contributed by atoms with Gasteiger partial charge >= 0.3 is 6.18 Å². The second kappa shape index (κ2) is 14.4. The number of halogens is 4. The summed E-state index contributed by atoms with van der Waals surface area (Å²) in [6.45, 7) is 0.478. The smallest absolute Gasteiger partial charge is 0.416 e. The zero-order valence-corrected chi connectivity index (χ0v) is 26.3. The number of carbonyl (C=O) groups excluding carboxylic acids is 1. The SMILES string of the molecule is O=C(c1nn(Cc2ccccc2)cc(OCc2ccccc2)c1=O)N1CCC[C@@H]1C(O)C(c1ccc(F)cc1)c1cccc(C(F)(F)F)c1. The monoisotopic (exact) mass is 671 g/mol. The summed E-state index contributed by atoms with van der Waals surface area (Å²) in [5, 5.41) is 16.3. The van der Waals surface area contributed by atoms with Crippen LogP contribution in [-0.4, -0.2) is 44.4 Å². The Balaban J connectivity index is 1.36. The molecular weight excluding hydrogens is 638 g/mol. The largest absolute Gasteiger partial charge is 0.483 e. The van der Waals surface area contributed by atoms with E-state index in [0.717, 1.165) is 23.3 Å². The first-order chi connectivity index (χ1) is 23.6. The van der Waals surface area contributed by atoms with Crippen molar-refractivity contribution in [1.82, 2.24) is 14.7 Å². The fraction of sp³-hybridized carbons (Fsp3) is 0.237. The number of carbonyl (C=O) groups is 1. The van der Waals surface area contributed by atoms with E-state index in [1.165, 1.54) is 52.2 Å². The molecule has 7 nitrogen and oxygen atoms in total. The maximum absolute atomic E-state index is 14.2. The van der Waals surface area contributed by atoms with E-state index in [4.69, 9.17) is 4.74 Å². The number of alkyl halides is 3. The molecule has 49 heavy (non-hydrogen) atoms. The Morgan fingerprint density at radius 1 is 0.898 bits per heavy atom. The van der Waals surface area contributed by atoms with Crippen LogP contribution in [0.25, 0.3) is 0 Å². The third-order valence-electron chi connectivity index (χ3n) is 8.66. The van der Waals surface area contributed by atoms with Gasteiger partial charge in [0, 0.05) is 12.5 Å². The van der Waals surface area contributed by atoms with E-state index in [-0.39, 0.29) is 31.0 Å². The molecule has 4 aromatic carbocycles. The first-order valence-electron chi connectivity index (χ1n) is 15.8. The average Bonchev–Trinajstić information content (AvgIpc) is 3.60. The number of benzene rings is 4. The molecule has 1 aliphatic rings. The summed E-state index contributed by atoms with van der Waals surface area (Å²) in [7, 11) is 0. The maximum Gasteiger partial charge on any atom is 0.416 e. The summed E-state index contributed by atoms with van der Waals surface area (Å²) in [6, 6.07) is 27.4. The van der Waals surface area contributed by atoms with E-state index in [0.29, 0.717) is 18.4 Å². The van der Waals surface area contributed by atoms with Crippen LogP contribution in [0.2, 0.25) is 0 Å². The van der Waals surface area contributed by atoms with Gasteiger partial charge in [-0.05, 0) is 53.3 Å². The van der Waals surface area contributed by atoms with Crippen LogP contribution in [-0.2, 0) is 19.3 Å². The van der Waals surface area contributed by atoms with Crippen LogP contribution in [0.4, 0.5) is 17.6 Å². The van der Waals surface area contributed by atoms with Gasteiger partial charge in [0.1, 0.15) is 12.4 Å². The van der Waals surface area contributed by atoms with Crippen molar-refractivity contribution in [2.45, 2.75) is 50.2 Å². The minimum atomic E-state index is -4.64. The fourth-order valence-corrected chi connectivity index (χ4v) is 6.27. The van der Waals surface area contributed by atoms with Crippen LogP contribution < -0.4 is 10.2 Å². The van der Waals surface area contributed by atoms with Gasteiger partial charge in [-0.3, -0.25) is 14.3 Å². The first-order valence-corrected chi connectivity index (χ1v) is 15.8. The van der Waals surface area contributed by atoms with Gasteiger partial charge in [0.15, 0.2) is 11.4 Å². The molecule has 1 N–H and O–H groups in total. The Morgan fingerprint density at radius 2 is 1.57 bits per heavy atom. The van der Waals surface area contributed by atoms with E-state index in [1.807, 2.05) is 60.7 Å². The van der Waals surface area contributed by atoms with E-state index in [1.54, 1.807) is 0 Å². The minimum Gasteiger partial charge on any atom is -0.483 e. The number of hydrogen-bond donors (Lipinski definition) is 1. The Morgan fingerprint density at radius 3 is 2.24 bits per heavy atom. The molecule has 0 spiro atoms. The lowest BCUT2D eigenvalue weighted by molar-refractivity contribution is -0.137. The molecule has 6 rings (SSSR count). The Hall–Kier alpha value is -5.29. The van der Waals surface area contributed by atoms with Crippen molar-refractivity contribution in [1.29, 1.82) is 0 Å². The molecule has 3 atom stereocenters. The Kier molecular flexibility index (Phi) is 9.91. The fourth-order valence-electron chi connectivity index (χ4n) is 6.27. The predicted molar refractivity (Wildman–Crippen MR) is 175 cm³/mol. The quantitative estimate of drug-likeness (QED) is 0.165. The second-order valence-corrected chi connectivity index (χ2v) is 12.0. The van der Waals surface area contributed by atoms with Crippen LogP contribution >= 0.6 is 0 Å². The lowest BCUT2D eigenvalue weighted by Gasteiger charge is -2.34. The van der Waals surface area contributed by atoms with E-state index in [9.17, 15) is 32.3 Å². The Bertz CT molecular complexity index is 1950. The van der Waals surface area contributed by atoms with Crippen molar-refractivity contribution >= 4 is 5.91 Å². The minimum absolute atomic E-state index is 0.0699. The van der Waals surface area contributed by atoms with Gasteiger partial charge in [-0.1, -0.05) is 91.0 Å². The highest BCUT2D eigenvalue weighted by molar-refractivity contribution is 5.93. The van der Waals surface area contributed by atoms with Crippen molar-refractivity contribution in [2.24, 2.45) is 0 Å². The topological polar surface area (TPSA) is 84.7 Å². The number of rotatable bonds is 10. The van der Waals surface area contributed by atoms with Gasteiger partial charge in [0.05, 0.1) is 30.5 Å². The summed E-state index contributed by atoms with van der Waals surface area (Å²) in [5.41, 5.74) is 0.157. The zero-order valence-electron chi connectivity index (χ0n) is 26.3. The highest BCUT2D eigenvalue weighted by atomic mass is 19.4. The van der Waals surface area contributed by atoms with Gasteiger partial charge in [0.25, 0.3) is 11.3 Å². The molecule has 1 amide bonds. The maximum atomic E-state index is 14.2. The zero-order chi connectivity index (χ0) is 34.5. The molecule has 252 valence electrons. The molecular formula is C38H33F4N3O4. The van der Waals surface area contributed by atoms with E-state index < -0.39 is 52.7 Å². The van der Waals surface area contributed by atoms with E-state index >= 15 is 0 Å². The number of aliphatic hydroxyl groups excluding tert-OH is 1. The third-order valence-corrected chi connectivity index (χ3v) is 8.66. The van der Waals surface area contributed by atoms with Gasteiger partial charge in [-0.25, -0.2) is 4.39 Å². The Labute approximate surface area is 280 Å². The molecule has 1 aliphatic heterocycles. The van der Waals surface area contributed by atoms with Crippen LogP contribution in [0, 0.1) is 5.82 Å². The summed E-state index contributed by atoms with van der Waals surface area (Å²) >= 11 is 0. The number of ether oxygens (including phenoxy) is 1. The highest BCUT2D eigenvalue weighted by Gasteiger charge is 2.41. The molecule has 1 saturated heterocycles. The molecule has 0 bridgehead atoms.